The molecule has 0 aromatic heterocycles. The lowest BCUT2D eigenvalue weighted by atomic mass is 10.2. The molecule has 2 rings (SSSR count). The number of aliphatic hydroxyl groups excluding tert-OH is 1. The molecule has 0 aromatic carbocycles. The van der Waals surface area contributed by atoms with Gasteiger partial charge in [-0.05, 0) is 25.7 Å². The molecule has 2 aliphatic rings. The summed E-state index contributed by atoms with van der Waals surface area (Å²) in [6, 6.07) is 0. The molecule has 22 heavy (non-hydrogen) atoms. The van der Waals surface area contributed by atoms with Gasteiger partial charge in [-0.25, -0.2) is 16.8 Å². The summed E-state index contributed by atoms with van der Waals surface area (Å²) in [7, 11) is -9.18. The van der Waals surface area contributed by atoms with Crippen LogP contribution in [0.25, 0.3) is 0 Å². The first-order valence-corrected chi connectivity index (χ1v) is 12.3. The number of hydrogen-bond donors (Lipinski definition) is 1. The molecule has 0 amide bonds. The van der Waals surface area contributed by atoms with E-state index in [1.54, 1.807) is 0 Å². The van der Waals surface area contributed by atoms with Crippen molar-refractivity contribution in [2.24, 2.45) is 0 Å². The molecule has 8 nitrogen and oxygen atoms in total. The molecule has 0 aliphatic carbocycles. The summed E-state index contributed by atoms with van der Waals surface area (Å²) < 4.78 is 69.3. The van der Waals surface area contributed by atoms with Crippen molar-refractivity contribution in [1.29, 1.82) is 0 Å². The van der Waals surface area contributed by atoms with Crippen LogP contribution in [0, 0.1) is 0 Å². The zero-order valence-electron chi connectivity index (χ0n) is 12.3. The van der Waals surface area contributed by atoms with Crippen LogP contribution >= 0.6 is 0 Å². The van der Waals surface area contributed by atoms with E-state index in [-0.39, 0.29) is 42.0 Å². The molecule has 2 aliphatic heterocycles. The molecule has 2 saturated heterocycles. The zero-order chi connectivity index (χ0) is 17.0. The lowest BCUT2D eigenvalue weighted by Crippen LogP contribution is -2.30. The van der Waals surface area contributed by atoms with Crippen LogP contribution in [0.3, 0.4) is 0 Å². The molecule has 11 heteroatoms. The Morgan fingerprint density at radius 1 is 0.864 bits per heavy atom. The highest BCUT2D eigenvalue weighted by molar-refractivity contribution is 7.91. The summed E-state index contributed by atoms with van der Waals surface area (Å²) in [6.45, 7) is 0. The molecule has 132 valence electrons. The summed E-state index contributed by atoms with van der Waals surface area (Å²) in [6.07, 6.45) is 1.51. The van der Waals surface area contributed by atoms with E-state index in [4.69, 9.17) is 5.11 Å². The second-order valence-electron chi connectivity index (χ2n) is 5.53. The summed E-state index contributed by atoms with van der Waals surface area (Å²) in [5.74, 6) is 0.364. The third-order valence-electron chi connectivity index (χ3n) is 3.34. The third-order valence-corrected chi connectivity index (χ3v) is 7.39. The average Bonchev–Trinajstić information content (AvgIpc) is 2.35. The van der Waals surface area contributed by atoms with Gasteiger partial charge in [0.15, 0.2) is 19.7 Å². The Balaban J connectivity index is 0.000000235. The molecule has 2 heterocycles. The normalized spacial score (nSPS) is 25.9. The number of aliphatic hydroxyl groups is 1. The minimum atomic E-state index is -3.46. The van der Waals surface area contributed by atoms with E-state index < -0.39 is 35.9 Å². The predicted octanol–water partition coefficient (Wildman–Crippen LogP) is -0.904. The predicted molar refractivity (Wildman–Crippen MR) is 81.5 cm³/mol. The Morgan fingerprint density at radius 2 is 1.23 bits per heavy atom. The van der Waals surface area contributed by atoms with Crippen molar-refractivity contribution in [1.82, 2.24) is 0 Å². The minimum absolute atomic E-state index is 0.0210. The Kier molecular flexibility index (Phi) is 6.81. The first-order valence-electron chi connectivity index (χ1n) is 6.86. The minimum Gasteiger partial charge on any atom is -0.393 e. The van der Waals surface area contributed by atoms with Crippen LogP contribution in [0.1, 0.15) is 25.7 Å². The standard InChI is InChI=1S/C6H12O5S2.C5H10O3S/c1-12(7,8)11-6-2-4-13(9,10)5-3-6;6-5-1-3-9(7,8)4-2-5/h6H,2-5H2,1H3;5-6H,1-4H2. The van der Waals surface area contributed by atoms with Crippen molar-refractivity contribution in [3.63, 3.8) is 0 Å². The van der Waals surface area contributed by atoms with Crippen molar-refractivity contribution in [3.05, 3.63) is 0 Å². The Hall–Kier alpha value is -0.230. The number of sulfone groups is 2. The SMILES string of the molecule is CS(=O)(=O)OC1CCS(=O)(=O)CC1.O=S1(=O)CCC(O)CC1. The number of rotatable bonds is 2. The van der Waals surface area contributed by atoms with E-state index in [0.717, 1.165) is 6.26 Å². The van der Waals surface area contributed by atoms with Gasteiger partial charge in [-0.3, -0.25) is 4.18 Å². The Bertz CT molecular complexity index is 634. The summed E-state index contributed by atoms with van der Waals surface area (Å²) in [5, 5.41) is 8.88. The van der Waals surface area contributed by atoms with Crippen molar-refractivity contribution < 1.29 is 34.5 Å². The van der Waals surface area contributed by atoms with Crippen LogP contribution in [0.5, 0.6) is 0 Å². The van der Waals surface area contributed by atoms with Crippen molar-refractivity contribution in [3.8, 4) is 0 Å². The highest BCUT2D eigenvalue weighted by Gasteiger charge is 2.26. The fourth-order valence-electron chi connectivity index (χ4n) is 2.09. The average molecular weight is 378 g/mol. The van der Waals surface area contributed by atoms with Crippen molar-refractivity contribution >= 4 is 29.8 Å². The van der Waals surface area contributed by atoms with Gasteiger partial charge < -0.3 is 5.11 Å². The van der Waals surface area contributed by atoms with Gasteiger partial charge in [0, 0.05) is 0 Å². The fraction of sp³-hybridized carbons (Fsp3) is 1.00. The van der Waals surface area contributed by atoms with Gasteiger partial charge in [0.25, 0.3) is 10.1 Å². The van der Waals surface area contributed by atoms with Gasteiger partial charge in [0.05, 0.1) is 41.5 Å². The van der Waals surface area contributed by atoms with Gasteiger partial charge >= 0.3 is 0 Å². The second kappa shape index (κ2) is 7.56. The van der Waals surface area contributed by atoms with Crippen LogP contribution in [0.2, 0.25) is 0 Å². The highest BCUT2D eigenvalue weighted by Crippen LogP contribution is 2.16. The topological polar surface area (TPSA) is 132 Å². The molecular weight excluding hydrogens is 356 g/mol. The van der Waals surface area contributed by atoms with E-state index in [9.17, 15) is 25.3 Å². The maximum absolute atomic E-state index is 11.0. The van der Waals surface area contributed by atoms with E-state index >= 15 is 0 Å². The van der Waals surface area contributed by atoms with E-state index in [1.165, 1.54) is 0 Å². The van der Waals surface area contributed by atoms with Gasteiger partial charge in [-0.2, -0.15) is 8.42 Å². The van der Waals surface area contributed by atoms with Gasteiger partial charge in [-0.15, -0.1) is 0 Å². The van der Waals surface area contributed by atoms with Gasteiger partial charge in [0.1, 0.15) is 0 Å². The lowest BCUT2D eigenvalue weighted by molar-refractivity contribution is 0.163. The third kappa shape index (κ3) is 8.42. The van der Waals surface area contributed by atoms with E-state index in [0.29, 0.717) is 12.8 Å². The van der Waals surface area contributed by atoms with Crippen LogP contribution in [0.4, 0.5) is 0 Å². The molecular formula is C11H22O8S3. The highest BCUT2D eigenvalue weighted by atomic mass is 32.2. The first-order chi connectivity index (χ1) is 9.89. The number of hydrogen-bond acceptors (Lipinski definition) is 8. The van der Waals surface area contributed by atoms with Crippen molar-refractivity contribution in [2.75, 3.05) is 29.3 Å². The Morgan fingerprint density at radius 3 is 1.55 bits per heavy atom. The molecule has 1 N–H and O–H groups in total. The second-order valence-corrected chi connectivity index (χ2v) is 11.7. The monoisotopic (exact) mass is 378 g/mol. The van der Waals surface area contributed by atoms with E-state index in [1.807, 2.05) is 0 Å². The van der Waals surface area contributed by atoms with Gasteiger partial charge in [-0.1, -0.05) is 0 Å². The molecule has 0 spiro atoms. The molecule has 0 saturated carbocycles. The zero-order valence-corrected chi connectivity index (χ0v) is 14.8. The maximum atomic E-state index is 11.0. The summed E-state index contributed by atoms with van der Waals surface area (Å²) in [5.41, 5.74) is 0. The molecule has 0 radical (unpaired) electrons. The lowest BCUT2D eigenvalue weighted by Gasteiger charge is -2.20. The Labute approximate surface area is 131 Å². The quantitative estimate of drug-likeness (QED) is 0.611. The molecule has 0 unspecified atom stereocenters. The van der Waals surface area contributed by atoms with Crippen LogP contribution in [-0.2, 0) is 34.0 Å². The fourth-order valence-corrected chi connectivity index (χ4v) is 5.69. The van der Waals surface area contributed by atoms with Crippen LogP contribution < -0.4 is 0 Å². The van der Waals surface area contributed by atoms with Crippen LogP contribution in [0.15, 0.2) is 0 Å². The molecule has 0 bridgehead atoms. The van der Waals surface area contributed by atoms with Crippen molar-refractivity contribution in [2.45, 2.75) is 37.9 Å². The van der Waals surface area contributed by atoms with Gasteiger partial charge in [0.2, 0.25) is 0 Å². The van der Waals surface area contributed by atoms with Crippen LogP contribution in [-0.4, -0.2) is 71.8 Å². The molecule has 0 atom stereocenters. The first kappa shape index (κ1) is 19.8. The summed E-state index contributed by atoms with van der Waals surface area (Å²) >= 11 is 0. The smallest absolute Gasteiger partial charge is 0.264 e. The molecule has 2 fully saturated rings. The molecule has 0 aromatic rings. The summed E-state index contributed by atoms with van der Waals surface area (Å²) in [4.78, 5) is 0. The maximum Gasteiger partial charge on any atom is 0.264 e. The van der Waals surface area contributed by atoms with E-state index in [2.05, 4.69) is 4.18 Å². The largest absolute Gasteiger partial charge is 0.393 e.